The Labute approximate surface area is 99.1 Å². The lowest BCUT2D eigenvalue weighted by Gasteiger charge is -2.16. The molecule has 2 aromatic heterocycles. The van der Waals surface area contributed by atoms with E-state index in [0.717, 1.165) is 16.9 Å². The summed E-state index contributed by atoms with van der Waals surface area (Å²) < 4.78 is 0. The van der Waals surface area contributed by atoms with Crippen molar-refractivity contribution in [3.8, 4) is 0 Å². The van der Waals surface area contributed by atoms with Crippen LogP contribution < -0.4 is 5.32 Å². The molecular weight excluding hydrogens is 224 g/mol. The standard InChI is InChI=1S/C11H13ClN4/c1-7-3-5-13-11(12)10(7)15-8(2)9-4-6-14-16-9/h3-6,8,15H,1-2H3,(H,14,16). The summed E-state index contributed by atoms with van der Waals surface area (Å²) in [5.41, 5.74) is 2.96. The largest absolute Gasteiger partial charge is 0.374 e. The lowest BCUT2D eigenvalue weighted by molar-refractivity contribution is 0.823. The number of rotatable bonds is 3. The third-order valence-corrected chi connectivity index (χ3v) is 2.75. The minimum atomic E-state index is 0.114. The fraction of sp³-hybridized carbons (Fsp3) is 0.273. The van der Waals surface area contributed by atoms with Gasteiger partial charge in [0.1, 0.15) is 0 Å². The van der Waals surface area contributed by atoms with E-state index in [1.54, 1.807) is 12.4 Å². The highest BCUT2D eigenvalue weighted by Gasteiger charge is 2.10. The molecule has 0 saturated heterocycles. The second kappa shape index (κ2) is 4.53. The Hall–Kier alpha value is -1.55. The van der Waals surface area contributed by atoms with Crippen molar-refractivity contribution in [2.24, 2.45) is 0 Å². The topological polar surface area (TPSA) is 53.6 Å². The van der Waals surface area contributed by atoms with Crippen molar-refractivity contribution in [1.82, 2.24) is 15.2 Å². The van der Waals surface area contributed by atoms with E-state index in [9.17, 15) is 0 Å². The van der Waals surface area contributed by atoms with Crippen LogP contribution >= 0.6 is 11.6 Å². The average Bonchev–Trinajstić information content (AvgIpc) is 2.76. The molecule has 0 amide bonds. The summed E-state index contributed by atoms with van der Waals surface area (Å²) in [5, 5.41) is 10.6. The van der Waals surface area contributed by atoms with Crippen LogP contribution in [0, 0.1) is 6.92 Å². The van der Waals surface area contributed by atoms with Crippen LogP contribution in [-0.4, -0.2) is 15.2 Å². The maximum Gasteiger partial charge on any atom is 0.152 e. The van der Waals surface area contributed by atoms with Crippen LogP contribution in [-0.2, 0) is 0 Å². The number of halogens is 1. The van der Waals surface area contributed by atoms with Crippen molar-refractivity contribution in [3.63, 3.8) is 0 Å². The second-order valence-corrected chi connectivity index (χ2v) is 4.03. The van der Waals surface area contributed by atoms with Crippen molar-refractivity contribution in [1.29, 1.82) is 0 Å². The lowest BCUT2D eigenvalue weighted by atomic mass is 10.2. The molecule has 0 spiro atoms. The molecule has 1 atom stereocenters. The number of H-pyrrole nitrogens is 1. The monoisotopic (exact) mass is 236 g/mol. The summed E-state index contributed by atoms with van der Waals surface area (Å²) >= 11 is 6.04. The molecule has 4 nitrogen and oxygen atoms in total. The first-order chi connectivity index (χ1) is 7.68. The molecule has 0 aliphatic carbocycles. The lowest BCUT2D eigenvalue weighted by Crippen LogP contribution is -2.09. The van der Waals surface area contributed by atoms with Gasteiger partial charge in [0.2, 0.25) is 0 Å². The van der Waals surface area contributed by atoms with Crippen molar-refractivity contribution < 1.29 is 0 Å². The molecule has 0 bridgehead atoms. The zero-order valence-electron chi connectivity index (χ0n) is 9.16. The first-order valence-corrected chi connectivity index (χ1v) is 5.43. The van der Waals surface area contributed by atoms with Gasteiger partial charge in [-0.05, 0) is 31.5 Å². The van der Waals surface area contributed by atoms with Gasteiger partial charge in [-0.15, -0.1) is 0 Å². The highest BCUT2D eigenvalue weighted by Crippen LogP contribution is 2.26. The maximum atomic E-state index is 6.04. The van der Waals surface area contributed by atoms with Crippen molar-refractivity contribution in [3.05, 3.63) is 40.9 Å². The van der Waals surface area contributed by atoms with E-state index < -0.39 is 0 Å². The van der Waals surface area contributed by atoms with Crippen molar-refractivity contribution in [2.45, 2.75) is 19.9 Å². The van der Waals surface area contributed by atoms with Gasteiger partial charge in [0.05, 0.1) is 17.4 Å². The first kappa shape index (κ1) is 11.0. The molecule has 0 aliphatic heterocycles. The van der Waals surface area contributed by atoms with Gasteiger partial charge in [-0.25, -0.2) is 4.98 Å². The van der Waals surface area contributed by atoms with Crippen molar-refractivity contribution in [2.75, 3.05) is 5.32 Å². The number of nitrogens with zero attached hydrogens (tertiary/aromatic N) is 2. The highest BCUT2D eigenvalue weighted by molar-refractivity contribution is 6.32. The van der Waals surface area contributed by atoms with Crippen LogP contribution in [0.25, 0.3) is 0 Å². The molecule has 2 heterocycles. The number of nitrogens with one attached hydrogen (secondary N) is 2. The first-order valence-electron chi connectivity index (χ1n) is 5.05. The number of pyridine rings is 1. The average molecular weight is 237 g/mol. The van der Waals surface area contributed by atoms with E-state index in [2.05, 4.69) is 20.5 Å². The Morgan fingerprint density at radius 2 is 2.19 bits per heavy atom. The molecule has 16 heavy (non-hydrogen) atoms. The summed E-state index contributed by atoms with van der Waals surface area (Å²) in [5.74, 6) is 0. The fourth-order valence-corrected chi connectivity index (χ4v) is 1.76. The number of hydrogen-bond acceptors (Lipinski definition) is 3. The molecule has 2 aromatic rings. The molecule has 2 rings (SSSR count). The number of aromatic amines is 1. The van der Waals surface area contributed by atoms with Gasteiger partial charge >= 0.3 is 0 Å². The summed E-state index contributed by atoms with van der Waals surface area (Å²) in [4.78, 5) is 4.05. The van der Waals surface area contributed by atoms with Gasteiger partial charge in [0.15, 0.2) is 5.15 Å². The van der Waals surface area contributed by atoms with E-state index in [1.807, 2.05) is 26.0 Å². The molecule has 0 fully saturated rings. The molecular formula is C11H13ClN4. The molecule has 0 aliphatic rings. The van der Waals surface area contributed by atoms with Gasteiger partial charge in [-0.3, -0.25) is 5.10 Å². The Balaban J connectivity index is 2.21. The normalized spacial score (nSPS) is 12.4. The Morgan fingerprint density at radius 3 is 2.81 bits per heavy atom. The fourth-order valence-electron chi connectivity index (χ4n) is 1.50. The number of anilines is 1. The summed E-state index contributed by atoms with van der Waals surface area (Å²) in [6.45, 7) is 4.03. The second-order valence-electron chi connectivity index (χ2n) is 3.67. The number of aromatic nitrogens is 3. The van der Waals surface area contributed by atoms with Gasteiger partial charge < -0.3 is 5.32 Å². The van der Waals surface area contributed by atoms with E-state index in [0.29, 0.717) is 5.15 Å². The molecule has 5 heteroatoms. The Kier molecular flexibility index (Phi) is 3.10. The maximum absolute atomic E-state index is 6.04. The minimum absolute atomic E-state index is 0.114. The predicted molar refractivity (Wildman–Crippen MR) is 64.6 cm³/mol. The van der Waals surface area contributed by atoms with Crippen LogP contribution in [0.3, 0.4) is 0 Å². The number of aryl methyl sites for hydroxylation is 1. The molecule has 0 radical (unpaired) electrons. The van der Waals surface area contributed by atoms with Gasteiger partial charge in [0, 0.05) is 12.4 Å². The van der Waals surface area contributed by atoms with Crippen LogP contribution in [0.5, 0.6) is 0 Å². The third kappa shape index (κ3) is 2.17. The predicted octanol–water partition coefficient (Wildman–Crippen LogP) is 2.94. The quantitative estimate of drug-likeness (QED) is 0.806. The zero-order chi connectivity index (χ0) is 11.5. The Morgan fingerprint density at radius 1 is 1.38 bits per heavy atom. The number of hydrogen-bond donors (Lipinski definition) is 2. The molecule has 0 aromatic carbocycles. The molecule has 1 unspecified atom stereocenters. The minimum Gasteiger partial charge on any atom is -0.374 e. The van der Waals surface area contributed by atoms with E-state index >= 15 is 0 Å². The van der Waals surface area contributed by atoms with E-state index in [4.69, 9.17) is 11.6 Å². The molecule has 2 N–H and O–H groups in total. The zero-order valence-corrected chi connectivity index (χ0v) is 9.92. The summed E-state index contributed by atoms with van der Waals surface area (Å²) in [7, 11) is 0. The smallest absolute Gasteiger partial charge is 0.152 e. The highest BCUT2D eigenvalue weighted by atomic mass is 35.5. The van der Waals surface area contributed by atoms with E-state index in [-0.39, 0.29) is 6.04 Å². The van der Waals surface area contributed by atoms with Gasteiger partial charge in [0.25, 0.3) is 0 Å². The SMILES string of the molecule is Cc1ccnc(Cl)c1NC(C)c1ccn[nH]1. The van der Waals surface area contributed by atoms with Crippen LogP contribution in [0.15, 0.2) is 24.5 Å². The summed E-state index contributed by atoms with van der Waals surface area (Å²) in [6, 6.07) is 3.97. The van der Waals surface area contributed by atoms with Crippen LogP contribution in [0.2, 0.25) is 5.15 Å². The summed E-state index contributed by atoms with van der Waals surface area (Å²) in [6.07, 6.45) is 3.43. The van der Waals surface area contributed by atoms with Gasteiger partial charge in [-0.2, -0.15) is 5.10 Å². The van der Waals surface area contributed by atoms with Crippen molar-refractivity contribution >= 4 is 17.3 Å². The molecule has 0 saturated carbocycles. The Bertz CT molecular complexity index is 447. The van der Waals surface area contributed by atoms with Crippen LogP contribution in [0.1, 0.15) is 24.2 Å². The van der Waals surface area contributed by atoms with E-state index in [1.165, 1.54) is 0 Å². The van der Waals surface area contributed by atoms with Crippen LogP contribution in [0.4, 0.5) is 5.69 Å². The molecule has 84 valence electrons. The third-order valence-electron chi connectivity index (χ3n) is 2.46. The van der Waals surface area contributed by atoms with Gasteiger partial charge in [-0.1, -0.05) is 11.6 Å².